The van der Waals surface area contributed by atoms with Crippen molar-refractivity contribution in [3.8, 4) is 0 Å². The number of rotatable bonds is 1. The third-order valence-electron chi connectivity index (χ3n) is 4.14. The van der Waals surface area contributed by atoms with E-state index in [2.05, 4.69) is 42.5 Å². The number of allylic oxidation sites excluding steroid dienone is 2. The second-order valence-corrected chi connectivity index (χ2v) is 4.94. The molecule has 0 nitrogen and oxygen atoms in total. The van der Waals surface area contributed by atoms with Gasteiger partial charge >= 0.3 is 0 Å². The van der Waals surface area contributed by atoms with Gasteiger partial charge in [-0.25, -0.2) is 0 Å². The lowest BCUT2D eigenvalue weighted by molar-refractivity contribution is 0.357. The van der Waals surface area contributed by atoms with Crippen LogP contribution < -0.4 is 0 Å². The van der Waals surface area contributed by atoms with E-state index < -0.39 is 0 Å². The largest absolute Gasteiger partial charge is 0.0876 e. The van der Waals surface area contributed by atoms with Gasteiger partial charge < -0.3 is 0 Å². The predicted molar refractivity (Wildman–Crippen MR) is 63.8 cm³/mol. The molecule has 1 saturated carbocycles. The lowest BCUT2D eigenvalue weighted by atomic mass is 9.74. The summed E-state index contributed by atoms with van der Waals surface area (Å²) >= 11 is 0. The molecule has 0 bridgehead atoms. The van der Waals surface area contributed by atoms with Gasteiger partial charge in [-0.1, -0.05) is 48.9 Å². The second-order valence-electron chi connectivity index (χ2n) is 4.94. The standard InChI is InChI=1S/C15H18/c1-2-6-12(7-3-1)14-10-4-8-13-9-5-11-15(13)14/h1-4,6-8,13-15H,5,9-11H2/t13-,14+,15-/m0/s1. The fraction of sp³-hybridized carbons (Fsp3) is 0.467. The second kappa shape index (κ2) is 3.84. The average Bonchev–Trinajstić information content (AvgIpc) is 2.78. The SMILES string of the molecule is C1=C[C@H]2CCC[C@@H]2[C@@H](c2ccccc2)C1. The Balaban J connectivity index is 1.90. The third kappa shape index (κ3) is 1.62. The summed E-state index contributed by atoms with van der Waals surface area (Å²) in [5.41, 5.74) is 1.55. The molecule has 3 rings (SSSR count). The summed E-state index contributed by atoms with van der Waals surface area (Å²) < 4.78 is 0. The Bertz CT molecular complexity index is 350. The van der Waals surface area contributed by atoms with Crippen molar-refractivity contribution < 1.29 is 0 Å². The van der Waals surface area contributed by atoms with E-state index in [1.54, 1.807) is 5.56 Å². The fourth-order valence-electron chi connectivity index (χ4n) is 3.41. The van der Waals surface area contributed by atoms with Crippen LogP contribution in [0.25, 0.3) is 0 Å². The Hall–Kier alpha value is -1.04. The van der Waals surface area contributed by atoms with Gasteiger partial charge in [0.1, 0.15) is 0 Å². The van der Waals surface area contributed by atoms with Gasteiger partial charge in [0, 0.05) is 0 Å². The van der Waals surface area contributed by atoms with Crippen molar-refractivity contribution in [1.29, 1.82) is 0 Å². The van der Waals surface area contributed by atoms with E-state index in [-0.39, 0.29) is 0 Å². The quantitative estimate of drug-likeness (QED) is 0.595. The molecule has 1 aromatic rings. The van der Waals surface area contributed by atoms with Crippen LogP contribution in [0.1, 0.15) is 37.2 Å². The molecular weight excluding hydrogens is 180 g/mol. The molecule has 3 atom stereocenters. The van der Waals surface area contributed by atoms with Gasteiger partial charge in [0.25, 0.3) is 0 Å². The highest BCUT2D eigenvalue weighted by atomic mass is 14.4. The minimum atomic E-state index is 0.795. The molecule has 1 aromatic carbocycles. The van der Waals surface area contributed by atoms with Crippen molar-refractivity contribution in [2.24, 2.45) is 11.8 Å². The van der Waals surface area contributed by atoms with E-state index in [1.807, 2.05) is 0 Å². The van der Waals surface area contributed by atoms with Gasteiger partial charge in [-0.2, -0.15) is 0 Å². The summed E-state index contributed by atoms with van der Waals surface area (Å²) in [6, 6.07) is 11.1. The van der Waals surface area contributed by atoms with Crippen molar-refractivity contribution in [2.45, 2.75) is 31.6 Å². The van der Waals surface area contributed by atoms with E-state index in [0.29, 0.717) is 0 Å². The van der Waals surface area contributed by atoms with Crippen LogP contribution in [0.5, 0.6) is 0 Å². The van der Waals surface area contributed by atoms with Gasteiger partial charge in [0.05, 0.1) is 0 Å². The van der Waals surface area contributed by atoms with Crippen LogP contribution in [0.2, 0.25) is 0 Å². The van der Waals surface area contributed by atoms with Crippen LogP contribution in [-0.4, -0.2) is 0 Å². The molecule has 78 valence electrons. The molecule has 2 aliphatic carbocycles. The van der Waals surface area contributed by atoms with Crippen LogP contribution in [0, 0.1) is 11.8 Å². The van der Waals surface area contributed by atoms with Crippen molar-refractivity contribution in [2.75, 3.05) is 0 Å². The first-order valence-corrected chi connectivity index (χ1v) is 6.17. The fourth-order valence-corrected chi connectivity index (χ4v) is 3.41. The molecule has 0 heteroatoms. The first-order chi connectivity index (χ1) is 7.45. The number of fused-ring (bicyclic) bond motifs is 1. The van der Waals surface area contributed by atoms with Gasteiger partial charge in [0.15, 0.2) is 0 Å². The minimum absolute atomic E-state index is 0.795. The van der Waals surface area contributed by atoms with E-state index in [9.17, 15) is 0 Å². The van der Waals surface area contributed by atoms with Gasteiger partial charge in [-0.15, -0.1) is 0 Å². The maximum Gasteiger partial charge on any atom is -0.00934 e. The van der Waals surface area contributed by atoms with Crippen molar-refractivity contribution in [3.05, 3.63) is 48.0 Å². The normalized spacial score (nSPS) is 34.0. The molecule has 1 fully saturated rings. The van der Waals surface area contributed by atoms with Crippen molar-refractivity contribution in [1.82, 2.24) is 0 Å². The Morgan fingerprint density at radius 1 is 1.00 bits per heavy atom. The molecule has 0 saturated heterocycles. The third-order valence-corrected chi connectivity index (χ3v) is 4.14. The highest BCUT2D eigenvalue weighted by Gasteiger charge is 2.34. The summed E-state index contributed by atoms with van der Waals surface area (Å²) in [6.45, 7) is 0. The lowest BCUT2D eigenvalue weighted by Crippen LogP contribution is -2.19. The molecule has 2 aliphatic rings. The van der Waals surface area contributed by atoms with E-state index in [1.165, 1.54) is 25.7 Å². The van der Waals surface area contributed by atoms with Crippen LogP contribution in [0.4, 0.5) is 0 Å². The molecule has 0 heterocycles. The molecule has 0 N–H and O–H groups in total. The van der Waals surface area contributed by atoms with Crippen LogP contribution in [-0.2, 0) is 0 Å². The molecular formula is C15H18. The molecule has 0 spiro atoms. The average molecular weight is 198 g/mol. The van der Waals surface area contributed by atoms with Crippen molar-refractivity contribution in [3.63, 3.8) is 0 Å². The predicted octanol–water partition coefficient (Wildman–Crippen LogP) is 4.15. The summed E-state index contributed by atoms with van der Waals surface area (Å²) in [6.07, 6.45) is 10.4. The van der Waals surface area contributed by atoms with Crippen LogP contribution >= 0.6 is 0 Å². The monoisotopic (exact) mass is 198 g/mol. The lowest BCUT2D eigenvalue weighted by Gasteiger charge is -2.30. The molecule has 15 heavy (non-hydrogen) atoms. The van der Waals surface area contributed by atoms with Crippen molar-refractivity contribution >= 4 is 0 Å². The van der Waals surface area contributed by atoms with Gasteiger partial charge in [-0.3, -0.25) is 0 Å². The molecule has 0 unspecified atom stereocenters. The molecule has 0 radical (unpaired) electrons. The van der Waals surface area contributed by atoms with E-state index in [4.69, 9.17) is 0 Å². The Labute approximate surface area is 92.0 Å². The summed E-state index contributed by atoms with van der Waals surface area (Å²) in [5, 5.41) is 0. The molecule has 0 amide bonds. The first-order valence-electron chi connectivity index (χ1n) is 6.17. The zero-order valence-corrected chi connectivity index (χ0v) is 9.10. The zero-order chi connectivity index (χ0) is 10.1. The topological polar surface area (TPSA) is 0 Å². The Morgan fingerprint density at radius 2 is 1.87 bits per heavy atom. The number of benzene rings is 1. The maximum absolute atomic E-state index is 2.47. The van der Waals surface area contributed by atoms with Crippen LogP contribution in [0.15, 0.2) is 42.5 Å². The Kier molecular flexibility index (Phi) is 2.36. The highest BCUT2D eigenvalue weighted by Crippen LogP contribution is 2.46. The van der Waals surface area contributed by atoms with Crippen LogP contribution in [0.3, 0.4) is 0 Å². The van der Waals surface area contributed by atoms with E-state index >= 15 is 0 Å². The van der Waals surface area contributed by atoms with Gasteiger partial charge in [0.2, 0.25) is 0 Å². The van der Waals surface area contributed by atoms with Gasteiger partial charge in [-0.05, 0) is 42.6 Å². The van der Waals surface area contributed by atoms with E-state index in [0.717, 1.165) is 17.8 Å². The first kappa shape index (κ1) is 9.21. The summed E-state index contributed by atoms with van der Waals surface area (Å²) in [5.74, 6) is 2.60. The maximum atomic E-state index is 2.47. The number of hydrogen-bond acceptors (Lipinski definition) is 0. The summed E-state index contributed by atoms with van der Waals surface area (Å²) in [7, 11) is 0. The number of hydrogen-bond donors (Lipinski definition) is 0. The molecule has 0 aromatic heterocycles. The smallest absolute Gasteiger partial charge is 0.00934 e. The minimum Gasteiger partial charge on any atom is -0.0876 e. The molecule has 0 aliphatic heterocycles. The zero-order valence-electron chi connectivity index (χ0n) is 9.10. The Morgan fingerprint density at radius 3 is 2.73 bits per heavy atom. The summed E-state index contributed by atoms with van der Waals surface area (Å²) in [4.78, 5) is 0. The highest BCUT2D eigenvalue weighted by molar-refractivity contribution is 5.24.